The molecule has 0 atom stereocenters. The van der Waals surface area contributed by atoms with Crippen molar-refractivity contribution in [2.24, 2.45) is 0 Å². The van der Waals surface area contributed by atoms with Crippen LogP contribution >= 0.6 is 23.4 Å². The summed E-state index contributed by atoms with van der Waals surface area (Å²) in [4.78, 5) is 11.4. The number of anilines is 1. The lowest BCUT2D eigenvalue weighted by atomic mass is 10.3. The molecule has 0 N–H and O–H groups in total. The van der Waals surface area contributed by atoms with Gasteiger partial charge in [0, 0.05) is 37.1 Å². The maximum atomic E-state index is 6.15. The van der Waals surface area contributed by atoms with Gasteiger partial charge < -0.3 is 4.90 Å². The minimum atomic E-state index is 0.545. The molecule has 0 bridgehead atoms. The normalized spacial score (nSPS) is 16.2. The fourth-order valence-electron chi connectivity index (χ4n) is 2.41. The zero-order valence-corrected chi connectivity index (χ0v) is 12.5. The van der Waals surface area contributed by atoms with Gasteiger partial charge in [-0.2, -0.15) is 11.8 Å². The maximum absolute atomic E-state index is 6.15. The van der Waals surface area contributed by atoms with Crippen LogP contribution in [0.4, 0.5) is 5.95 Å². The van der Waals surface area contributed by atoms with Gasteiger partial charge in [-0.3, -0.25) is 4.40 Å². The van der Waals surface area contributed by atoms with Gasteiger partial charge >= 0.3 is 0 Å². The zero-order valence-electron chi connectivity index (χ0n) is 11.0. The second-order valence-corrected chi connectivity index (χ2v) is 6.27. The van der Waals surface area contributed by atoms with E-state index < -0.39 is 0 Å². The van der Waals surface area contributed by atoms with Crippen LogP contribution in [0.15, 0.2) is 12.3 Å². The van der Waals surface area contributed by atoms with E-state index in [0.29, 0.717) is 5.15 Å². The predicted octanol–water partition coefficient (Wildman–Crippen LogP) is 2.89. The average molecular weight is 297 g/mol. The van der Waals surface area contributed by atoms with Gasteiger partial charge in [0.05, 0.1) is 11.7 Å². The van der Waals surface area contributed by atoms with Crippen molar-refractivity contribution in [3.63, 3.8) is 0 Å². The van der Waals surface area contributed by atoms with Gasteiger partial charge in [0.15, 0.2) is 0 Å². The number of rotatable bonds is 3. The van der Waals surface area contributed by atoms with Gasteiger partial charge in [-0.1, -0.05) is 18.5 Å². The van der Waals surface area contributed by atoms with Crippen LogP contribution in [-0.2, 0) is 6.42 Å². The van der Waals surface area contributed by atoms with E-state index in [2.05, 4.69) is 26.2 Å². The summed E-state index contributed by atoms with van der Waals surface area (Å²) in [5.74, 6) is 4.32. The van der Waals surface area contributed by atoms with Crippen LogP contribution in [0.3, 0.4) is 0 Å². The Bertz CT molecular complexity index is 577. The summed E-state index contributed by atoms with van der Waals surface area (Å²) in [5, 5.41) is 0.545. The van der Waals surface area contributed by atoms with Gasteiger partial charge in [0.2, 0.25) is 5.95 Å². The fraction of sp³-hybridized carbons (Fsp3) is 0.538. The second-order valence-electron chi connectivity index (χ2n) is 4.66. The molecule has 0 aliphatic carbocycles. The van der Waals surface area contributed by atoms with Gasteiger partial charge in [-0.15, -0.1) is 0 Å². The molecule has 19 heavy (non-hydrogen) atoms. The summed E-state index contributed by atoms with van der Waals surface area (Å²) >= 11 is 8.14. The third kappa shape index (κ3) is 2.54. The molecule has 1 aliphatic rings. The first-order chi connectivity index (χ1) is 9.29. The molecule has 4 nitrogen and oxygen atoms in total. The molecule has 0 unspecified atom stereocenters. The Morgan fingerprint density at radius 1 is 1.37 bits per heavy atom. The monoisotopic (exact) mass is 296 g/mol. The third-order valence-electron chi connectivity index (χ3n) is 3.30. The van der Waals surface area contributed by atoms with E-state index in [1.54, 1.807) is 0 Å². The topological polar surface area (TPSA) is 33.4 Å². The van der Waals surface area contributed by atoms with Crippen molar-refractivity contribution < 1.29 is 0 Å². The quantitative estimate of drug-likeness (QED) is 0.816. The molecule has 6 heteroatoms. The highest BCUT2D eigenvalue weighted by molar-refractivity contribution is 7.99. The summed E-state index contributed by atoms with van der Waals surface area (Å²) < 4.78 is 2.16. The highest BCUT2D eigenvalue weighted by Crippen LogP contribution is 2.24. The van der Waals surface area contributed by atoms with Crippen LogP contribution in [-0.4, -0.2) is 39.0 Å². The van der Waals surface area contributed by atoms with Crippen LogP contribution in [0.5, 0.6) is 0 Å². The number of imidazole rings is 1. The summed E-state index contributed by atoms with van der Waals surface area (Å²) in [6.45, 7) is 4.22. The van der Waals surface area contributed by atoms with E-state index in [-0.39, 0.29) is 0 Å². The van der Waals surface area contributed by atoms with Crippen LogP contribution in [0, 0.1) is 0 Å². The molecule has 0 amide bonds. The van der Waals surface area contributed by atoms with Crippen molar-refractivity contribution in [2.75, 3.05) is 29.5 Å². The minimum Gasteiger partial charge on any atom is -0.340 e. The van der Waals surface area contributed by atoms with E-state index in [1.165, 1.54) is 0 Å². The highest BCUT2D eigenvalue weighted by atomic mass is 35.5. The summed E-state index contributed by atoms with van der Waals surface area (Å²) in [7, 11) is 0. The van der Waals surface area contributed by atoms with Crippen LogP contribution < -0.4 is 4.90 Å². The summed E-state index contributed by atoms with van der Waals surface area (Å²) in [6.07, 6.45) is 3.94. The second kappa shape index (κ2) is 5.59. The number of halogens is 1. The number of aryl methyl sites for hydroxylation is 1. The molecule has 3 rings (SSSR count). The van der Waals surface area contributed by atoms with Crippen LogP contribution in [0.25, 0.3) is 5.52 Å². The van der Waals surface area contributed by atoms with Gasteiger partial charge in [0.1, 0.15) is 11.0 Å². The SMILES string of the molecule is CCCc1ncc2cc(Cl)nc(N3CCSCC3)n12. The maximum Gasteiger partial charge on any atom is 0.213 e. The van der Waals surface area contributed by atoms with Crippen LogP contribution in [0.1, 0.15) is 19.2 Å². The molecular weight excluding hydrogens is 280 g/mol. The first-order valence-electron chi connectivity index (χ1n) is 6.65. The van der Waals surface area contributed by atoms with Crippen molar-refractivity contribution >= 4 is 34.8 Å². The Labute approximate surface area is 122 Å². The molecule has 0 aromatic carbocycles. The Morgan fingerprint density at radius 3 is 2.89 bits per heavy atom. The Balaban J connectivity index is 2.11. The molecule has 0 spiro atoms. The standard InChI is InChI=1S/C13H17ClN4S/c1-2-3-12-15-9-10-8-11(14)16-13(18(10)12)17-4-6-19-7-5-17/h8-9H,2-7H2,1H3. The minimum absolute atomic E-state index is 0.545. The molecule has 1 saturated heterocycles. The molecule has 1 aliphatic heterocycles. The molecule has 3 heterocycles. The van der Waals surface area contributed by atoms with Gasteiger partial charge in [-0.25, -0.2) is 9.97 Å². The molecule has 0 radical (unpaired) electrons. The largest absolute Gasteiger partial charge is 0.340 e. The van der Waals surface area contributed by atoms with Crippen LogP contribution in [0.2, 0.25) is 5.15 Å². The fourth-order valence-corrected chi connectivity index (χ4v) is 3.50. The molecule has 1 fully saturated rings. The summed E-state index contributed by atoms with van der Waals surface area (Å²) in [6, 6.07) is 1.88. The lowest BCUT2D eigenvalue weighted by Crippen LogP contribution is -2.34. The number of aromatic nitrogens is 3. The smallest absolute Gasteiger partial charge is 0.213 e. The van der Waals surface area contributed by atoms with Gasteiger partial charge in [0.25, 0.3) is 0 Å². The number of thioether (sulfide) groups is 1. The summed E-state index contributed by atoms with van der Waals surface area (Å²) in [5.41, 5.74) is 1.04. The average Bonchev–Trinajstić information content (AvgIpc) is 2.82. The molecule has 2 aromatic heterocycles. The lowest BCUT2D eigenvalue weighted by molar-refractivity contribution is 0.768. The number of fused-ring (bicyclic) bond motifs is 1. The number of nitrogens with zero attached hydrogens (tertiary/aromatic N) is 4. The highest BCUT2D eigenvalue weighted by Gasteiger charge is 2.18. The Kier molecular flexibility index (Phi) is 3.84. The van der Waals surface area contributed by atoms with E-state index in [0.717, 1.165) is 54.7 Å². The molecule has 2 aromatic rings. The van der Waals surface area contributed by atoms with E-state index in [4.69, 9.17) is 11.6 Å². The molecule has 102 valence electrons. The number of hydrogen-bond acceptors (Lipinski definition) is 4. The molecule has 0 saturated carbocycles. The van der Waals surface area contributed by atoms with Crippen molar-refractivity contribution in [3.05, 3.63) is 23.2 Å². The van der Waals surface area contributed by atoms with Crippen molar-refractivity contribution in [3.8, 4) is 0 Å². The Morgan fingerprint density at radius 2 is 2.16 bits per heavy atom. The van der Waals surface area contributed by atoms with Crippen molar-refractivity contribution in [1.82, 2.24) is 14.4 Å². The van der Waals surface area contributed by atoms with E-state index >= 15 is 0 Å². The first-order valence-corrected chi connectivity index (χ1v) is 8.18. The lowest BCUT2D eigenvalue weighted by Gasteiger charge is -2.28. The number of hydrogen-bond donors (Lipinski definition) is 0. The Hall–Kier alpha value is -0.940. The van der Waals surface area contributed by atoms with Crippen molar-refractivity contribution in [1.29, 1.82) is 0 Å². The van der Waals surface area contributed by atoms with E-state index in [1.807, 2.05) is 24.0 Å². The molecular formula is C13H17ClN4S. The zero-order chi connectivity index (χ0) is 13.2. The predicted molar refractivity (Wildman–Crippen MR) is 81.5 cm³/mol. The first kappa shape index (κ1) is 13.1. The van der Waals surface area contributed by atoms with Gasteiger partial charge in [-0.05, 0) is 6.42 Å². The van der Waals surface area contributed by atoms with E-state index in [9.17, 15) is 0 Å². The third-order valence-corrected chi connectivity index (χ3v) is 4.44. The van der Waals surface area contributed by atoms with Crippen molar-refractivity contribution in [2.45, 2.75) is 19.8 Å².